The van der Waals surface area contributed by atoms with Crippen molar-refractivity contribution < 1.29 is 38.0 Å². The summed E-state index contributed by atoms with van der Waals surface area (Å²) < 4.78 is 37.2. The maximum atomic E-state index is 13.0. The summed E-state index contributed by atoms with van der Waals surface area (Å²) in [6.45, 7) is 2.59. The van der Waals surface area contributed by atoms with E-state index in [0.717, 1.165) is 11.1 Å². The minimum atomic E-state index is -0.600. The lowest BCUT2D eigenvalue weighted by Crippen LogP contribution is -2.46. The van der Waals surface area contributed by atoms with Crippen LogP contribution in [0.25, 0.3) is 0 Å². The quantitative estimate of drug-likeness (QED) is 0.110. The third-order valence-corrected chi connectivity index (χ3v) is 7.78. The number of esters is 1. The molecule has 0 spiro atoms. The summed E-state index contributed by atoms with van der Waals surface area (Å²) in [4.78, 5) is 26.0. The number of benzene rings is 4. The fraction of sp³-hybridized carbons (Fsp3) is 0.278. The van der Waals surface area contributed by atoms with Crippen molar-refractivity contribution in [3.8, 4) is 17.2 Å². The summed E-state index contributed by atoms with van der Waals surface area (Å²) in [5, 5.41) is 0. The zero-order valence-electron chi connectivity index (χ0n) is 24.6. The predicted octanol–water partition coefficient (Wildman–Crippen LogP) is 6.51. The van der Waals surface area contributed by atoms with Crippen LogP contribution in [-0.2, 0) is 27.4 Å². The molecular formula is C36H34O8. The SMILES string of the molecule is COc1c(C(C)=O)c(OC(=O)c2ccccc2)cc2c1C1O[C@H](COCc3ccccc3)C[C@H](OCc3ccccc3)[C@@H]1O2. The summed E-state index contributed by atoms with van der Waals surface area (Å²) >= 11 is 0. The van der Waals surface area contributed by atoms with E-state index in [1.807, 2.05) is 66.7 Å². The van der Waals surface area contributed by atoms with Gasteiger partial charge in [-0.25, -0.2) is 4.79 Å². The zero-order valence-corrected chi connectivity index (χ0v) is 24.6. The molecule has 2 heterocycles. The van der Waals surface area contributed by atoms with Crippen molar-refractivity contribution in [2.75, 3.05) is 13.7 Å². The second kappa shape index (κ2) is 13.4. The molecule has 44 heavy (non-hydrogen) atoms. The lowest BCUT2D eigenvalue weighted by atomic mass is 9.92. The van der Waals surface area contributed by atoms with Gasteiger partial charge in [0, 0.05) is 12.5 Å². The Morgan fingerprint density at radius 3 is 2.14 bits per heavy atom. The number of Topliss-reactive ketones (excluding diaryl/α,β-unsaturated/α-hetero) is 1. The van der Waals surface area contributed by atoms with E-state index >= 15 is 0 Å². The van der Waals surface area contributed by atoms with Gasteiger partial charge in [0.1, 0.15) is 35.0 Å². The molecule has 4 aromatic rings. The summed E-state index contributed by atoms with van der Waals surface area (Å²) in [6, 6.07) is 30.0. The fourth-order valence-corrected chi connectivity index (χ4v) is 5.73. The highest BCUT2D eigenvalue weighted by Gasteiger charge is 2.50. The molecule has 0 radical (unpaired) electrons. The Balaban J connectivity index is 1.30. The minimum Gasteiger partial charge on any atom is -0.495 e. The maximum absolute atomic E-state index is 13.0. The average molecular weight is 595 g/mol. The first-order valence-corrected chi connectivity index (χ1v) is 14.6. The first-order chi connectivity index (χ1) is 21.5. The lowest BCUT2D eigenvalue weighted by Gasteiger charge is -2.37. The van der Waals surface area contributed by atoms with E-state index in [1.165, 1.54) is 14.0 Å². The largest absolute Gasteiger partial charge is 0.495 e. The van der Waals surface area contributed by atoms with Crippen LogP contribution >= 0.6 is 0 Å². The van der Waals surface area contributed by atoms with Crippen LogP contribution < -0.4 is 14.2 Å². The van der Waals surface area contributed by atoms with Gasteiger partial charge < -0.3 is 28.4 Å². The smallest absolute Gasteiger partial charge is 0.343 e. The fourth-order valence-electron chi connectivity index (χ4n) is 5.73. The summed E-state index contributed by atoms with van der Waals surface area (Å²) in [5.41, 5.74) is 3.19. The Hall–Kier alpha value is -4.50. The molecule has 0 amide bonds. The minimum absolute atomic E-state index is 0.0603. The average Bonchev–Trinajstić information content (AvgIpc) is 3.42. The molecule has 4 atom stereocenters. The van der Waals surface area contributed by atoms with Crippen molar-refractivity contribution in [2.24, 2.45) is 0 Å². The number of ether oxygens (including phenoxy) is 6. The molecule has 0 bridgehead atoms. The molecule has 2 aliphatic heterocycles. The van der Waals surface area contributed by atoms with Crippen molar-refractivity contribution in [3.63, 3.8) is 0 Å². The maximum Gasteiger partial charge on any atom is 0.343 e. The van der Waals surface area contributed by atoms with Crippen molar-refractivity contribution in [3.05, 3.63) is 125 Å². The summed E-state index contributed by atoms with van der Waals surface area (Å²) in [5.74, 6) is -0.186. The molecule has 0 saturated carbocycles. The molecule has 1 unspecified atom stereocenters. The molecule has 6 rings (SSSR count). The van der Waals surface area contributed by atoms with Gasteiger partial charge in [0.25, 0.3) is 0 Å². The number of rotatable bonds is 11. The Morgan fingerprint density at radius 1 is 0.864 bits per heavy atom. The molecule has 8 nitrogen and oxygen atoms in total. The number of carbonyl (C=O) groups is 2. The van der Waals surface area contributed by atoms with Gasteiger partial charge in [0.15, 0.2) is 11.9 Å². The first-order valence-electron chi connectivity index (χ1n) is 14.6. The molecule has 8 heteroatoms. The van der Waals surface area contributed by atoms with Crippen LogP contribution in [0, 0.1) is 0 Å². The molecule has 226 valence electrons. The second-order valence-electron chi connectivity index (χ2n) is 10.8. The summed E-state index contributed by atoms with van der Waals surface area (Å²) in [6.07, 6.45) is -1.25. The van der Waals surface area contributed by atoms with Crippen LogP contribution in [-0.4, -0.2) is 43.8 Å². The Kier molecular flexibility index (Phi) is 9.02. The third-order valence-electron chi connectivity index (χ3n) is 7.78. The van der Waals surface area contributed by atoms with E-state index in [1.54, 1.807) is 30.3 Å². The molecule has 0 N–H and O–H groups in total. The van der Waals surface area contributed by atoms with Crippen LogP contribution in [0.15, 0.2) is 97.1 Å². The monoisotopic (exact) mass is 594 g/mol. The van der Waals surface area contributed by atoms with Crippen LogP contribution in [0.4, 0.5) is 0 Å². The van der Waals surface area contributed by atoms with E-state index in [0.29, 0.717) is 43.1 Å². The Morgan fingerprint density at radius 2 is 1.50 bits per heavy atom. The van der Waals surface area contributed by atoms with Gasteiger partial charge in [-0.15, -0.1) is 0 Å². The van der Waals surface area contributed by atoms with Crippen LogP contribution in [0.2, 0.25) is 0 Å². The predicted molar refractivity (Wildman–Crippen MR) is 162 cm³/mol. The highest BCUT2D eigenvalue weighted by molar-refractivity contribution is 6.02. The Bertz CT molecular complexity index is 1590. The molecule has 1 fully saturated rings. The number of hydrogen-bond acceptors (Lipinski definition) is 8. The number of methoxy groups -OCH3 is 1. The molecule has 2 aliphatic rings. The van der Waals surface area contributed by atoms with Crippen molar-refractivity contribution in [1.82, 2.24) is 0 Å². The number of fused-ring (bicyclic) bond motifs is 3. The first kappa shape index (κ1) is 29.6. The lowest BCUT2D eigenvalue weighted by molar-refractivity contribution is -0.182. The van der Waals surface area contributed by atoms with E-state index in [9.17, 15) is 9.59 Å². The van der Waals surface area contributed by atoms with Crippen molar-refractivity contribution >= 4 is 11.8 Å². The van der Waals surface area contributed by atoms with Crippen LogP contribution in [0.5, 0.6) is 17.2 Å². The van der Waals surface area contributed by atoms with Crippen molar-refractivity contribution in [2.45, 2.75) is 51.0 Å². The Labute approximate surface area is 256 Å². The second-order valence-corrected chi connectivity index (χ2v) is 10.8. The van der Waals surface area contributed by atoms with Gasteiger partial charge in [-0.3, -0.25) is 4.79 Å². The van der Waals surface area contributed by atoms with Gasteiger partial charge >= 0.3 is 5.97 Å². The van der Waals surface area contributed by atoms with Gasteiger partial charge in [0.05, 0.1) is 44.2 Å². The highest BCUT2D eigenvalue weighted by atomic mass is 16.6. The molecular weight excluding hydrogens is 560 g/mol. The van der Waals surface area contributed by atoms with E-state index in [4.69, 9.17) is 28.4 Å². The number of carbonyl (C=O) groups excluding carboxylic acids is 2. The molecule has 4 aromatic carbocycles. The van der Waals surface area contributed by atoms with Crippen LogP contribution in [0.1, 0.15) is 56.9 Å². The topological polar surface area (TPSA) is 89.5 Å². The molecule has 0 aliphatic carbocycles. The number of ketones is 1. The van der Waals surface area contributed by atoms with E-state index < -0.39 is 18.2 Å². The van der Waals surface area contributed by atoms with Gasteiger partial charge in [-0.2, -0.15) is 0 Å². The summed E-state index contributed by atoms with van der Waals surface area (Å²) in [7, 11) is 1.48. The van der Waals surface area contributed by atoms with Crippen LogP contribution in [0.3, 0.4) is 0 Å². The molecule has 0 aromatic heterocycles. The third kappa shape index (κ3) is 6.38. The zero-order chi connectivity index (χ0) is 30.5. The highest BCUT2D eigenvalue weighted by Crippen LogP contribution is 2.53. The van der Waals surface area contributed by atoms with E-state index in [-0.39, 0.29) is 35.1 Å². The van der Waals surface area contributed by atoms with Gasteiger partial charge in [0.2, 0.25) is 0 Å². The van der Waals surface area contributed by atoms with Gasteiger partial charge in [-0.1, -0.05) is 78.9 Å². The standard InChI is InChI=1S/C36H34O8/c1-23(37)31-28(44-36(38)26-16-10-5-11-17-26)19-29-32(34(31)39-2)35-33(43-29)30(41-21-25-14-8-4-9-15-25)18-27(42-35)22-40-20-24-12-6-3-7-13-24/h3-17,19,27,30,33,35H,18,20-22H2,1-2H3/t27-,30-,33-,35?/m0/s1. The van der Waals surface area contributed by atoms with Gasteiger partial charge in [-0.05, 0) is 30.2 Å². The molecule has 1 saturated heterocycles. The number of hydrogen-bond donors (Lipinski definition) is 0. The van der Waals surface area contributed by atoms with E-state index in [2.05, 4.69) is 0 Å². The van der Waals surface area contributed by atoms with Crippen molar-refractivity contribution in [1.29, 1.82) is 0 Å². The normalized spacial score (nSPS) is 20.2.